The highest BCUT2D eigenvalue weighted by Crippen LogP contribution is 2.28. The minimum absolute atomic E-state index is 0.0349. The van der Waals surface area contributed by atoms with Gasteiger partial charge in [0.25, 0.3) is 5.91 Å². The smallest absolute Gasteiger partial charge is 0.358 e. The number of methoxy groups -OCH3 is 1. The van der Waals surface area contributed by atoms with Gasteiger partial charge in [0.2, 0.25) is 0 Å². The molecule has 1 amide bonds. The van der Waals surface area contributed by atoms with Crippen molar-refractivity contribution in [1.29, 1.82) is 0 Å². The molecule has 1 aliphatic rings. The van der Waals surface area contributed by atoms with Gasteiger partial charge in [-0.2, -0.15) is 5.10 Å². The zero-order chi connectivity index (χ0) is 19.7. The van der Waals surface area contributed by atoms with Gasteiger partial charge >= 0.3 is 5.97 Å². The first kappa shape index (κ1) is 18.3. The standard InChI is InChI=1S/C21H18ClN3O3/c1-28-21(27)17-13-19(25(23-17)18-6-3-2-5-16(18)22)14-7-9-15(10-8-14)20(26)24-11-4-12-24/h2-3,5-10,13H,4,11-12H2,1H3. The quantitative estimate of drug-likeness (QED) is 0.630. The van der Waals surface area contributed by atoms with Crippen molar-refractivity contribution in [3.05, 3.63) is 70.9 Å². The topological polar surface area (TPSA) is 64.4 Å². The normalized spacial score (nSPS) is 13.1. The second-order valence-electron chi connectivity index (χ2n) is 6.49. The molecule has 0 atom stereocenters. The molecular weight excluding hydrogens is 378 g/mol. The molecule has 1 fully saturated rings. The first-order valence-electron chi connectivity index (χ1n) is 8.91. The van der Waals surface area contributed by atoms with Crippen molar-refractivity contribution in [2.24, 2.45) is 0 Å². The van der Waals surface area contributed by atoms with Crippen molar-refractivity contribution in [3.8, 4) is 16.9 Å². The summed E-state index contributed by atoms with van der Waals surface area (Å²) in [5, 5.41) is 4.89. The summed E-state index contributed by atoms with van der Waals surface area (Å²) in [4.78, 5) is 26.2. The van der Waals surface area contributed by atoms with Crippen molar-refractivity contribution >= 4 is 23.5 Å². The van der Waals surface area contributed by atoms with Crippen LogP contribution in [0.5, 0.6) is 0 Å². The van der Waals surface area contributed by atoms with Gasteiger partial charge in [0, 0.05) is 24.2 Å². The number of benzene rings is 2. The van der Waals surface area contributed by atoms with Crippen LogP contribution in [0.25, 0.3) is 16.9 Å². The lowest BCUT2D eigenvalue weighted by molar-refractivity contribution is 0.0592. The van der Waals surface area contributed by atoms with Crippen molar-refractivity contribution in [2.75, 3.05) is 20.2 Å². The van der Waals surface area contributed by atoms with Gasteiger partial charge in [0.1, 0.15) is 0 Å². The van der Waals surface area contributed by atoms with E-state index in [0.29, 0.717) is 22.0 Å². The van der Waals surface area contributed by atoms with E-state index in [-0.39, 0.29) is 11.6 Å². The lowest BCUT2D eigenvalue weighted by atomic mass is 10.1. The number of carbonyl (C=O) groups excluding carboxylic acids is 2. The zero-order valence-electron chi connectivity index (χ0n) is 15.3. The highest BCUT2D eigenvalue weighted by Gasteiger charge is 2.22. The van der Waals surface area contributed by atoms with E-state index in [1.807, 2.05) is 35.2 Å². The largest absolute Gasteiger partial charge is 0.464 e. The van der Waals surface area contributed by atoms with Crippen LogP contribution >= 0.6 is 11.6 Å². The van der Waals surface area contributed by atoms with E-state index < -0.39 is 5.97 Å². The zero-order valence-corrected chi connectivity index (χ0v) is 16.0. The number of ether oxygens (including phenoxy) is 1. The molecule has 1 aromatic heterocycles. The van der Waals surface area contributed by atoms with Crippen LogP contribution in [-0.4, -0.2) is 46.8 Å². The molecule has 1 aliphatic heterocycles. The van der Waals surface area contributed by atoms with Crippen LogP contribution in [0.2, 0.25) is 5.02 Å². The average molecular weight is 396 g/mol. The van der Waals surface area contributed by atoms with Crippen LogP contribution in [0.15, 0.2) is 54.6 Å². The number of halogens is 1. The van der Waals surface area contributed by atoms with Crippen molar-refractivity contribution in [1.82, 2.24) is 14.7 Å². The maximum atomic E-state index is 12.4. The summed E-state index contributed by atoms with van der Waals surface area (Å²) in [5.74, 6) is -0.496. The Hall–Kier alpha value is -3.12. The number of hydrogen-bond donors (Lipinski definition) is 0. The Morgan fingerprint density at radius 2 is 1.79 bits per heavy atom. The molecular formula is C21H18ClN3O3. The Labute approximate surface area is 167 Å². The molecule has 0 bridgehead atoms. The number of amides is 1. The third kappa shape index (κ3) is 3.27. The number of nitrogens with zero attached hydrogens (tertiary/aromatic N) is 3. The maximum absolute atomic E-state index is 12.4. The first-order valence-corrected chi connectivity index (χ1v) is 9.29. The predicted octanol–water partition coefficient (Wildman–Crippen LogP) is 3.83. The number of rotatable bonds is 4. The number of carbonyl (C=O) groups is 2. The van der Waals surface area contributed by atoms with E-state index in [9.17, 15) is 9.59 Å². The summed E-state index contributed by atoms with van der Waals surface area (Å²) < 4.78 is 6.42. The fourth-order valence-corrected chi connectivity index (χ4v) is 3.30. The third-order valence-electron chi connectivity index (χ3n) is 4.76. The SMILES string of the molecule is COC(=O)c1cc(-c2ccc(C(=O)N3CCC3)cc2)n(-c2ccccc2Cl)n1. The Balaban J connectivity index is 1.75. The molecule has 0 N–H and O–H groups in total. The minimum Gasteiger partial charge on any atom is -0.464 e. The number of hydrogen-bond acceptors (Lipinski definition) is 4. The highest BCUT2D eigenvalue weighted by molar-refractivity contribution is 6.32. The third-order valence-corrected chi connectivity index (χ3v) is 5.08. The van der Waals surface area contributed by atoms with E-state index >= 15 is 0 Å². The van der Waals surface area contributed by atoms with Gasteiger partial charge in [-0.05, 0) is 36.8 Å². The molecule has 0 unspecified atom stereocenters. The van der Waals surface area contributed by atoms with E-state index in [1.54, 1.807) is 28.9 Å². The van der Waals surface area contributed by atoms with E-state index in [1.165, 1.54) is 7.11 Å². The second kappa shape index (κ2) is 7.48. The molecule has 1 saturated heterocycles. The molecule has 3 aromatic rings. The summed E-state index contributed by atoms with van der Waals surface area (Å²) in [6.07, 6.45) is 1.05. The molecule has 0 radical (unpaired) electrons. The fourth-order valence-electron chi connectivity index (χ4n) is 3.08. The Kier molecular flexibility index (Phi) is 4.88. The molecule has 28 heavy (non-hydrogen) atoms. The Morgan fingerprint density at radius 1 is 1.07 bits per heavy atom. The van der Waals surface area contributed by atoms with Crippen molar-refractivity contribution in [3.63, 3.8) is 0 Å². The summed E-state index contributed by atoms with van der Waals surface area (Å²) in [5.41, 5.74) is 2.95. The van der Waals surface area contributed by atoms with Crippen LogP contribution in [-0.2, 0) is 4.74 Å². The second-order valence-corrected chi connectivity index (χ2v) is 6.90. The van der Waals surface area contributed by atoms with Crippen molar-refractivity contribution in [2.45, 2.75) is 6.42 Å². The lowest BCUT2D eigenvalue weighted by Gasteiger charge is -2.30. The van der Waals surface area contributed by atoms with Gasteiger partial charge in [0.15, 0.2) is 5.69 Å². The van der Waals surface area contributed by atoms with Gasteiger partial charge in [-0.1, -0.05) is 35.9 Å². The number of esters is 1. The van der Waals surface area contributed by atoms with Gasteiger partial charge in [-0.15, -0.1) is 0 Å². The first-order chi connectivity index (χ1) is 13.6. The Bertz CT molecular complexity index is 1040. The number of para-hydroxylation sites is 1. The van der Waals surface area contributed by atoms with E-state index in [2.05, 4.69) is 5.10 Å². The molecule has 7 heteroatoms. The van der Waals surface area contributed by atoms with E-state index in [0.717, 1.165) is 25.1 Å². The van der Waals surface area contributed by atoms with Crippen molar-refractivity contribution < 1.29 is 14.3 Å². The highest BCUT2D eigenvalue weighted by atomic mass is 35.5. The fraction of sp³-hybridized carbons (Fsp3) is 0.190. The summed E-state index contributed by atoms with van der Waals surface area (Å²) in [6, 6.07) is 16.2. The monoisotopic (exact) mass is 395 g/mol. The van der Waals surface area contributed by atoms with Gasteiger partial charge in [-0.3, -0.25) is 4.79 Å². The van der Waals surface area contributed by atoms with Gasteiger partial charge in [0.05, 0.1) is 23.5 Å². The summed E-state index contributed by atoms with van der Waals surface area (Å²) in [6.45, 7) is 1.62. The average Bonchev–Trinajstić information content (AvgIpc) is 3.11. The van der Waals surface area contributed by atoms with Gasteiger partial charge in [-0.25, -0.2) is 9.48 Å². The number of likely N-dealkylation sites (tertiary alicyclic amines) is 1. The lowest BCUT2D eigenvalue weighted by Crippen LogP contribution is -2.41. The van der Waals surface area contributed by atoms with E-state index in [4.69, 9.17) is 16.3 Å². The molecule has 0 spiro atoms. The van der Waals surface area contributed by atoms with Crippen LogP contribution in [0.3, 0.4) is 0 Å². The molecule has 142 valence electrons. The minimum atomic E-state index is -0.531. The van der Waals surface area contributed by atoms with Crippen LogP contribution < -0.4 is 0 Å². The molecule has 2 heterocycles. The summed E-state index contributed by atoms with van der Waals surface area (Å²) >= 11 is 6.34. The molecule has 6 nitrogen and oxygen atoms in total. The predicted molar refractivity (Wildman–Crippen MR) is 106 cm³/mol. The number of aromatic nitrogens is 2. The van der Waals surface area contributed by atoms with Crippen LogP contribution in [0.4, 0.5) is 0 Å². The molecule has 4 rings (SSSR count). The van der Waals surface area contributed by atoms with Crippen LogP contribution in [0, 0.1) is 0 Å². The molecule has 0 saturated carbocycles. The Morgan fingerprint density at radius 3 is 2.39 bits per heavy atom. The molecule has 0 aliphatic carbocycles. The molecule has 2 aromatic carbocycles. The van der Waals surface area contributed by atoms with Crippen LogP contribution in [0.1, 0.15) is 27.3 Å². The summed E-state index contributed by atoms with van der Waals surface area (Å²) in [7, 11) is 1.31. The van der Waals surface area contributed by atoms with Gasteiger partial charge < -0.3 is 9.64 Å². The maximum Gasteiger partial charge on any atom is 0.358 e.